The van der Waals surface area contributed by atoms with E-state index in [-0.39, 0.29) is 17.2 Å². The van der Waals surface area contributed by atoms with Gasteiger partial charge in [-0.25, -0.2) is 4.79 Å². The number of amides is 2. The highest BCUT2D eigenvalue weighted by Gasteiger charge is 2.32. The molecule has 0 unspecified atom stereocenters. The van der Waals surface area contributed by atoms with Gasteiger partial charge in [0.25, 0.3) is 5.91 Å². The minimum atomic E-state index is -0.464. The lowest BCUT2D eigenvalue weighted by atomic mass is 10.1. The first-order valence-corrected chi connectivity index (χ1v) is 11.1. The maximum Gasteiger partial charge on any atom is 0.337 e. The molecule has 162 valence electrons. The van der Waals surface area contributed by atoms with E-state index in [1.165, 1.54) is 7.11 Å². The van der Waals surface area contributed by atoms with Crippen LogP contribution in [0.4, 0.5) is 5.69 Å². The summed E-state index contributed by atoms with van der Waals surface area (Å²) in [5, 5.41) is 2.71. The number of hydrogen-bond acceptors (Lipinski definition) is 5. The molecule has 3 aromatic carbocycles. The fraction of sp³-hybridized carbons (Fsp3) is 0.160. The lowest BCUT2D eigenvalue weighted by molar-refractivity contribution is -0.128. The molecule has 6 nitrogen and oxygen atoms in total. The van der Waals surface area contributed by atoms with Crippen LogP contribution in [0.15, 0.2) is 78.9 Å². The Morgan fingerprint density at radius 1 is 1.00 bits per heavy atom. The average molecular weight is 447 g/mol. The van der Waals surface area contributed by atoms with Gasteiger partial charge >= 0.3 is 5.97 Å². The molecule has 2 amide bonds. The Hall–Kier alpha value is -3.58. The fourth-order valence-corrected chi connectivity index (χ4v) is 4.71. The van der Waals surface area contributed by atoms with Gasteiger partial charge in [-0.3, -0.25) is 9.59 Å². The van der Waals surface area contributed by atoms with E-state index in [4.69, 9.17) is 4.74 Å². The molecule has 0 spiro atoms. The molecule has 1 aliphatic heterocycles. The van der Waals surface area contributed by atoms with Crippen LogP contribution in [0.1, 0.15) is 37.2 Å². The Morgan fingerprint density at radius 3 is 2.47 bits per heavy atom. The van der Waals surface area contributed by atoms with E-state index in [1.807, 2.05) is 47.4 Å². The van der Waals surface area contributed by atoms with Gasteiger partial charge in [0, 0.05) is 17.8 Å². The normalized spacial score (nSPS) is 15.5. The van der Waals surface area contributed by atoms with Crippen LogP contribution >= 0.6 is 11.8 Å². The zero-order valence-electron chi connectivity index (χ0n) is 17.5. The number of carbonyl (C=O) groups is 3. The van der Waals surface area contributed by atoms with E-state index in [1.54, 1.807) is 48.2 Å². The second-order valence-corrected chi connectivity index (χ2v) is 8.39. The van der Waals surface area contributed by atoms with Crippen molar-refractivity contribution in [3.05, 3.63) is 101 Å². The van der Waals surface area contributed by atoms with Gasteiger partial charge in [-0.1, -0.05) is 48.5 Å². The monoisotopic (exact) mass is 446 g/mol. The van der Waals surface area contributed by atoms with E-state index in [0.29, 0.717) is 29.1 Å². The Kier molecular flexibility index (Phi) is 6.56. The molecule has 4 rings (SSSR count). The number of nitrogens with zero attached hydrogens (tertiary/aromatic N) is 1. The van der Waals surface area contributed by atoms with Gasteiger partial charge in [0.15, 0.2) is 0 Å². The highest BCUT2D eigenvalue weighted by Crippen LogP contribution is 2.39. The van der Waals surface area contributed by atoms with Crippen LogP contribution in [0.25, 0.3) is 0 Å². The Balaban J connectivity index is 1.46. The Morgan fingerprint density at radius 2 is 1.75 bits per heavy atom. The van der Waals surface area contributed by atoms with Crippen molar-refractivity contribution in [3.8, 4) is 0 Å². The third-order valence-corrected chi connectivity index (χ3v) is 6.42. The number of benzene rings is 3. The van der Waals surface area contributed by atoms with Crippen molar-refractivity contribution in [1.29, 1.82) is 0 Å². The summed E-state index contributed by atoms with van der Waals surface area (Å²) in [7, 11) is 1.31. The molecular formula is C25H22N2O4S. The van der Waals surface area contributed by atoms with Gasteiger partial charge in [-0.05, 0) is 41.5 Å². The summed E-state index contributed by atoms with van der Waals surface area (Å²) < 4.78 is 4.71. The second-order valence-electron chi connectivity index (χ2n) is 7.32. The van der Waals surface area contributed by atoms with Crippen LogP contribution in [-0.4, -0.2) is 35.5 Å². The Labute approximate surface area is 190 Å². The molecule has 0 radical (unpaired) electrons. The number of rotatable bonds is 6. The maximum absolute atomic E-state index is 12.7. The van der Waals surface area contributed by atoms with Crippen LogP contribution in [0, 0.1) is 0 Å². The minimum absolute atomic E-state index is 0.0865. The quantitative estimate of drug-likeness (QED) is 0.565. The van der Waals surface area contributed by atoms with Crippen LogP contribution in [0.5, 0.6) is 0 Å². The number of carbonyl (C=O) groups excluding carboxylic acids is 3. The van der Waals surface area contributed by atoms with Crippen LogP contribution in [-0.2, 0) is 16.1 Å². The first-order chi connectivity index (χ1) is 15.5. The van der Waals surface area contributed by atoms with Gasteiger partial charge in [-0.2, -0.15) is 0 Å². The number of anilines is 1. The fourth-order valence-electron chi connectivity index (χ4n) is 3.53. The zero-order chi connectivity index (χ0) is 22.5. The zero-order valence-corrected chi connectivity index (χ0v) is 18.3. The summed E-state index contributed by atoms with van der Waals surface area (Å²) in [6.45, 7) is 0.552. The van der Waals surface area contributed by atoms with E-state index in [2.05, 4.69) is 5.32 Å². The molecule has 0 bridgehead atoms. The topological polar surface area (TPSA) is 75.7 Å². The van der Waals surface area contributed by atoms with Gasteiger partial charge in [0.2, 0.25) is 5.91 Å². The SMILES string of the molecule is COC(=O)c1cccc(NC(=O)c2ccc([C@@H]3SCC(=O)N3Cc3ccccc3)cc2)c1. The molecule has 1 saturated heterocycles. The van der Waals surface area contributed by atoms with Crippen LogP contribution in [0.2, 0.25) is 0 Å². The predicted octanol–water partition coefficient (Wildman–Crippen LogP) is 4.50. The van der Waals surface area contributed by atoms with Crippen molar-refractivity contribution in [2.75, 3.05) is 18.2 Å². The van der Waals surface area contributed by atoms with Crippen LogP contribution in [0.3, 0.4) is 0 Å². The molecule has 1 atom stereocenters. The number of esters is 1. The van der Waals surface area contributed by atoms with Crippen molar-refractivity contribution in [2.45, 2.75) is 11.9 Å². The maximum atomic E-state index is 12.7. The smallest absolute Gasteiger partial charge is 0.337 e. The summed E-state index contributed by atoms with van der Waals surface area (Å²) in [5.41, 5.74) is 3.41. The largest absolute Gasteiger partial charge is 0.465 e. The van der Waals surface area contributed by atoms with Gasteiger partial charge < -0.3 is 15.0 Å². The number of methoxy groups -OCH3 is 1. The molecule has 7 heteroatoms. The molecule has 1 aliphatic rings. The van der Waals surface area contributed by atoms with Gasteiger partial charge in [0.05, 0.1) is 18.4 Å². The van der Waals surface area contributed by atoms with E-state index >= 15 is 0 Å². The molecule has 3 aromatic rings. The van der Waals surface area contributed by atoms with E-state index < -0.39 is 5.97 Å². The van der Waals surface area contributed by atoms with Crippen molar-refractivity contribution >= 4 is 35.2 Å². The summed E-state index contributed by atoms with van der Waals surface area (Å²) in [6, 6.07) is 23.8. The molecule has 1 N–H and O–H groups in total. The lowest BCUT2D eigenvalue weighted by Crippen LogP contribution is -2.27. The standard InChI is InChI=1S/C25H22N2O4S/c1-31-25(30)20-8-5-9-21(14-20)26-23(29)18-10-12-19(13-11-18)24-27(22(28)16-32-24)15-17-6-3-2-4-7-17/h2-14,24H,15-16H2,1H3,(H,26,29)/t24-/m0/s1. The van der Waals surface area contributed by atoms with Gasteiger partial charge in [-0.15, -0.1) is 11.8 Å². The highest BCUT2D eigenvalue weighted by atomic mass is 32.2. The molecule has 0 aromatic heterocycles. The number of nitrogens with one attached hydrogen (secondary N) is 1. The molecular weight excluding hydrogens is 424 g/mol. The molecule has 0 aliphatic carbocycles. The van der Waals surface area contributed by atoms with Crippen molar-refractivity contribution in [3.63, 3.8) is 0 Å². The third-order valence-electron chi connectivity index (χ3n) is 5.16. The summed E-state index contributed by atoms with van der Waals surface area (Å²) in [5.74, 6) is -0.198. The van der Waals surface area contributed by atoms with E-state index in [0.717, 1.165) is 11.1 Å². The molecule has 32 heavy (non-hydrogen) atoms. The van der Waals surface area contributed by atoms with Crippen LogP contribution < -0.4 is 5.32 Å². The molecule has 1 heterocycles. The van der Waals surface area contributed by atoms with Crippen molar-refractivity contribution in [2.24, 2.45) is 0 Å². The van der Waals surface area contributed by atoms with Crippen molar-refractivity contribution < 1.29 is 19.1 Å². The average Bonchev–Trinajstić information content (AvgIpc) is 3.19. The van der Waals surface area contributed by atoms with E-state index in [9.17, 15) is 14.4 Å². The summed E-state index contributed by atoms with van der Waals surface area (Å²) >= 11 is 1.59. The number of hydrogen-bond donors (Lipinski definition) is 1. The first-order valence-electron chi connectivity index (χ1n) is 10.1. The number of ether oxygens (including phenoxy) is 1. The Bertz CT molecular complexity index is 1130. The highest BCUT2D eigenvalue weighted by molar-refractivity contribution is 8.00. The first kappa shape index (κ1) is 21.6. The predicted molar refractivity (Wildman–Crippen MR) is 124 cm³/mol. The minimum Gasteiger partial charge on any atom is -0.465 e. The van der Waals surface area contributed by atoms with Crippen molar-refractivity contribution in [1.82, 2.24) is 4.90 Å². The van der Waals surface area contributed by atoms with Gasteiger partial charge in [0.1, 0.15) is 5.37 Å². The summed E-state index contributed by atoms with van der Waals surface area (Å²) in [6.07, 6.45) is 0. The second kappa shape index (κ2) is 9.70. The molecule has 1 fully saturated rings. The number of thioether (sulfide) groups is 1. The molecule has 0 saturated carbocycles. The lowest BCUT2D eigenvalue weighted by Gasteiger charge is -2.24. The summed E-state index contributed by atoms with van der Waals surface area (Å²) in [4.78, 5) is 38.7. The third kappa shape index (κ3) is 4.84.